The van der Waals surface area contributed by atoms with Crippen molar-refractivity contribution in [2.75, 3.05) is 19.8 Å². The van der Waals surface area contributed by atoms with Crippen LogP contribution < -0.4 is 5.32 Å². The fraction of sp³-hybridized carbons (Fsp3) is 1.00. The molecule has 15 heavy (non-hydrogen) atoms. The lowest BCUT2D eigenvalue weighted by atomic mass is 9.94. The Kier molecular flexibility index (Phi) is 4.42. The quantitative estimate of drug-likeness (QED) is 0.740. The molecule has 0 aromatic rings. The van der Waals surface area contributed by atoms with E-state index in [1.165, 1.54) is 25.7 Å². The monoisotopic (exact) mass is 213 g/mol. The van der Waals surface area contributed by atoms with Gasteiger partial charge in [0.05, 0.1) is 6.10 Å². The second-order valence-corrected chi connectivity index (χ2v) is 4.91. The third kappa shape index (κ3) is 3.44. The molecule has 1 saturated heterocycles. The highest BCUT2D eigenvalue weighted by Gasteiger charge is 2.23. The lowest BCUT2D eigenvalue weighted by molar-refractivity contribution is 0.00770. The number of nitrogens with one attached hydrogen (secondary N) is 1. The van der Waals surface area contributed by atoms with E-state index in [1.807, 2.05) is 0 Å². The predicted octanol–water partition coefficient (Wildman–Crippen LogP) is 1.31. The Hall–Kier alpha value is -0.120. The normalized spacial score (nSPS) is 27.0. The van der Waals surface area contributed by atoms with Crippen LogP contribution in [-0.2, 0) is 4.74 Å². The average molecular weight is 213 g/mol. The van der Waals surface area contributed by atoms with Crippen molar-refractivity contribution in [1.82, 2.24) is 5.32 Å². The van der Waals surface area contributed by atoms with Gasteiger partial charge in [-0.1, -0.05) is 12.8 Å². The summed E-state index contributed by atoms with van der Waals surface area (Å²) in [4.78, 5) is 0. The first-order valence-electron chi connectivity index (χ1n) is 6.35. The summed E-state index contributed by atoms with van der Waals surface area (Å²) >= 11 is 0. The molecule has 1 heterocycles. The second-order valence-electron chi connectivity index (χ2n) is 4.91. The van der Waals surface area contributed by atoms with Gasteiger partial charge in [0.25, 0.3) is 0 Å². The van der Waals surface area contributed by atoms with Gasteiger partial charge in [0.1, 0.15) is 0 Å². The molecule has 1 saturated carbocycles. The SMILES string of the molecule is OC(CNC1CCCC1)C1CCOCC1. The number of aliphatic hydroxyl groups is 1. The van der Waals surface area contributed by atoms with Gasteiger partial charge in [-0.25, -0.2) is 0 Å². The minimum atomic E-state index is -0.172. The van der Waals surface area contributed by atoms with E-state index < -0.39 is 0 Å². The minimum Gasteiger partial charge on any atom is -0.392 e. The molecule has 2 N–H and O–H groups in total. The molecular formula is C12H23NO2. The molecule has 1 aliphatic heterocycles. The van der Waals surface area contributed by atoms with Crippen LogP contribution in [0.25, 0.3) is 0 Å². The van der Waals surface area contributed by atoms with Crippen molar-refractivity contribution < 1.29 is 9.84 Å². The van der Waals surface area contributed by atoms with Gasteiger partial charge in [-0.3, -0.25) is 0 Å². The van der Waals surface area contributed by atoms with E-state index in [1.54, 1.807) is 0 Å². The molecule has 1 aliphatic carbocycles. The van der Waals surface area contributed by atoms with Crippen LogP contribution in [0.1, 0.15) is 38.5 Å². The van der Waals surface area contributed by atoms with Crippen molar-refractivity contribution in [1.29, 1.82) is 0 Å². The van der Waals surface area contributed by atoms with Gasteiger partial charge in [-0.2, -0.15) is 0 Å². The molecule has 88 valence electrons. The van der Waals surface area contributed by atoms with Crippen molar-refractivity contribution in [2.24, 2.45) is 5.92 Å². The van der Waals surface area contributed by atoms with Gasteiger partial charge in [0.2, 0.25) is 0 Å². The standard InChI is InChI=1S/C12H23NO2/c14-12(10-5-7-15-8-6-10)9-13-11-3-1-2-4-11/h10-14H,1-9H2. The number of ether oxygens (including phenoxy) is 1. The van der Waals surface area contributed by atoms with E-state index in [4.69, 9.17) is 4.74 Å². The minimum absolute atomic E-state index is 0.172. The molecule has 0 spiro atoms. The number of hydrogen-bond acceptors (Lipinski definition) is 3. The highest BCUT2D eigenvalue weighted by molar-refractivity contribution is 4.78. The predicted molar refractivity (Wildman–Crippen MR) is 59.8 cm³/mol. The smallest absolute Gasteiger partial charge is 0.0694 e. The molecule has 3 heteroatoms. The molecule has 0 amide bonds. The van der Waals surface area contributed by atoms with Gasteiger partial charge < -0.3 is 15.2 Å². The van der Waals surface area contributed by atoms with Gasteiger partial charge in [-0.05, 0) is 31.6 Å². The van der Waals surface area contributed by atoms with Gasteiger partial charge in [0, 0.05) is 25.8 Å². The largest absolute Gasteiger partial charge is 0.392 e. The van der Waals surface area contributed by atoms with E-state index in [9.17, 15) is 5.11 Å². The highest BCUT2D eigenvalue weighted by Crippen LogP contribution is 2.20. The van der Waals surface area contributed by atoms with Gasteiger partial charge in [-0.15, -0.1) is 0 Å². The summed E-state index contributed by atoms with van der Waals surface area (Å²) in [5.74, 6) is 0.452. The van der Waals surface area contributed by atoms with Crippen LogP contribution in [0.5, 0.6) is 0 Å². The summed E-state index contributed by atoms with van der Waals surface area (Å²) < 4.78 is 5.30. The van der Waals surface area contributed by atoms with Crippen molar-refractivity contribution in [3.63, 3.8) is 0 Å². The lowest BCUT2D eigenvalue weighted by Crippen LogP contribution is -2.39. The molecule has 0 bridgehead atoms. The van der Waals surface area contributed by atoms with Crippen LogP contribution in [0.2, 0.25) is 0 Å². The molecule has 0 aromatic heterocycles. The van der Waals surface area contributed by atoms with Crippen LogP contribution in [0.3, 0.4) is 0 Å². The fourth-order valence-electron chi connectivity index (χ4n) is 2.68. The zero-order valence-corrected chi connectivity index (χ0v) is 9.45. The molecule has 2 aliphatic rings. The Labute approximate surface area is 92.2 Å². The van der Waals surface area contributed by atoms with Crippen LogP contribution in [0.15, 0.2) is 0 Å². The van der Waals surface area contributed by atoms with E-state index in [2.05, 4.69) is 5.32 Å². The Morgan fingerprint density at radius 1 is 1.13 bits per heavy atom. The van der Waals surface area contributed by atoms with E-state index in [0.717, 1.165) is 32.6 Å². The zero-order chi connectivity index (χ0) is 10.5. The van der Waals surface area contributed by atoms with Crippen LogP contribution >= 0.6 is 0 Å². The average Bonchev–Trinajstić information content (AvgIpc) is 2.80. The maximum Gasteiger partial charge on any atom is 0.0694 e. The van der Waals surface area contributed by atoms with Gasteiger partial charge >= 0.3 is 0 Å². The lowest BCUT2D eigenvalue weighted by Gasteiger charge is -2.27. The summed E-state index contributed by atoms with van der Waals surface area (Å²) in [5, 5.41) is 13.5. The summed E-state index contributed by atoms with van der Waals surface area (Å²) in [6.07, 6.45) is 7.16. The second kappa shape index (κ2) is 5.83. The third-order valence-electron chi connectivity index (χ3n) is 3.78. The Balaban J connectivity index is 1.64. The highest BCUT2D eigenvalue weighted by atomic mass is 16.5. The summed E-state index contributed by atoms with van der Waals surface area (Å²) in [7, 11) is 0. The topological polar surface area (TPSA) is 41.5 Å². The number of aliphatic hydroxyl groups excluding tert-OH is 1. The molecule has 1 atom stereocenters. The maximum absolute atomic E-state index is 10.0. The number of hydrogen-bond donors (Lipinski definition) is 2. The molecule has 3 nitrogen and oxygen atoms in total. The molecule has 2 fully saturated rings. The first-order valence-corrected chi connectivity index (χ1v) is 6.35. The first kappa shape index (κ1) is 11.4. The van der Waals surface area contributed by atoms with Crippen LogP contribution in [0, 0.1) is 5.92 Å². The van der Waals surface area contributed by atoms with E-state index in [0.29, 0.717) is 12.0 Å². The zero-order valence-electron chi connectivity index (χ0n) is 9.45. The Bertz CT molecular complexity index is 174. The molecule has 2 rings (SSSR count). The third-order valence-corrected chi connectivity index (χ3v) is 3.78. The molecule has 0 radical (unpaired) electrons. The van der Waals surface area contributed by atoms with Gasteiger partial charge in [0.15, 0.2) is 0 Å². The first-order chi connectivity index (χ1) is 7.36. The summed E-state index contributed by atoms with van der Waals surface area (Å²) in [6, 6.07) is 0.666. The van der Waals surface area contributed by atoms with E-state index >= 15 is 0 Å². The van der Waals surface area contributed by atoms with E-state index in [-0.39, 0.29) is 6.10 Å². The Morgan fingerprint density at radius 2 is 1.80 bits per heavy atom. The molecule has 1 unspecified atom stereocenters. The maximum atomic E-state index is 10.0. The van der Waals surface area contributed by atoms with Crippen LogP contribution in [0.4, 0.5) is 0 Å². The van der Waals surface area contributed by atoms with Crippen molar-refractivity contribution >= 4 is 0 Å². The summed E-state index contributed by atoms with van der Waals surface area (Å²) in [6.45, 7) is 2.42. The number of rotatable bonds is 4. The molecule has 0 aromatic carbocycles. The van der Waals surface area contributed by atoms with Crippen molar-refractivity contribution in [2.45, 2.75) is 50.7 Å². The Morgan fingerprint density at radius 3 is 2.47 bits per heavy atom. The van der Waals surface area contributed by atoms with Crippen molar-refractivity contribution in [3.8, 4) is 0 Å². The molecular weight excluding hydrogens is 190 g/mol. The van der Waals surface area contributed by atoms with Crippen molar-refractivity contribution in [3.05, 3.63) is 0 Å². The van der Waals surface area contributed by atoms with Crippen LogP contribution in [-0.4, -0.2) is 37.0 Å². The fourth-order valence-corrected chi connectivity index (χ4v) is 2.68. The summed E-state index contributed by atoms with van der Waals surface area (Å²) in [5.41, 5.74) is 0.